The molecule has 0 unspecified atom stereocenters. The summed E-state index contributed by atoms with van der Waals surface area (Å²) in [6.45, 7) is 3.62. The van der Waals surface area contributed by atoms with Crippen LogP contribution in [0.25, 0.3) is 11.1 Å². The Balaban J connectivity index is 1.65. The van der Waals surface area contributed by atoms with Crippen LogP contribution in [0.1, 0.15) is 34.3 Å². The fourth-order valence-electron chi connectivity index (χ4n) is 3.72. The third-order valence-corrected chi connectivity index (χ3v) is 5.00. The van der Waals surface area contributed by atoms with Crippen LogP contribution in [0.3, 0.4) is 0 Å². The summed E-state index contributed by atoms with van der Waals surface area (Å²) in [4.78, 5) is 23.8. The number of carbonyl (C=O) groups excluding carboxylic acids is 1. The van der Waals surface area contributed by atoms with E-state index in [1.807, 2.05) is 19.1 Å². The molecule has 0 saturated carbocycles. The van der Waals surface area contributed by atoms with Crippen molar-refractivity contribution < 1.29 is 9.21 Å². The lowest BCUT2D eigenvalue weighted by Crippen LogP contribution is -2.43. The molecule has 0 amide bonds. The van der Waals surface area contributed by atoms with Gasteiger partial charge in [0.15, 0.2) is 11.4 Å². The standard InChI is InChI=1S/C20H23N5O2/c1-12-7-17-19(24-9-12)18(20(22)27-17)16(26)8-13-10-23-5-4-15(13)25-6-2-3-14(21)11-25/h4-5,7,9-10,14H,2-3,6,8,11,21-22H2,1H3/t14-/m0/s1. The van der Waals surface area contributed by atoms with Crippen LogP contribution in [0.2, 0.25) is 0 Å². The molecule has 1 atom stereocenters. The van der Waals surface area contributed by atoms with Crippen LogP contribution in [0.15, 0.2) is 35.1 Å². The van der Waals surface area contributed by atoms with Crippen LogP contribution < -0.4 is 16.4 Å². The van der Waals surface area contributed by atoms with Gasteiger partial charge in [-0.1, -0.05) is 0 Å². The highest BCUT2D eigenvalue weighted by atomic mass is 16.3. The Hall–Kier alpha value is -2.93. The van der Waals surface area contributed by atoms with Crippen molar-refractivity contribution in [2.24, 2.45) is 5.73 Å². The molecular weight excluding hydrogens is 342 g/mol. The number of piperidine rings is 1. The molecule has 4 heterocycles. The van der Waals surface area contributed by atoms with Gasteiger partial charge in [0.25, 0.3) is 0 Å². The van der Waals surface area contributed by atoms with E-state index in [1.165, 1.54) is 0 Å². The first-order valence-electron chi connectivity index (χ1n) is 9.14. The molecule has 4 rings (SSSR count). The first-order chi connectivity index (χ1) is 13.0. The third-order valence-electron chi connectivity index (χ3n) is 5.00. The van der Waals surface area contributed by atoms with Gasteiger partial charge in [-0.05, 0) is 37.5 Å². The van der Waals surface area contributed by atoms with Gasteiger partial charge in [0.2, 0.25) is 5.88 Å². The van der Waals surface area contributed by atoms with Crippen LogP contribution in [0, 0.1) is 6.92 Å². The molecule has 1 fully saturated rings. The number of nitrogen functional groups attached to an aromatic ring is 1. The molecule has 0 bridgehead atoms. The number of ketones is 1. The van der Waals surface area contributed by atoms with Gasteiger partial charge < -0.3 is 20.8 Å². The SMILES string of the molecule is Cc1cnc2c(C(=O)Cc3cnccc3N3CCC[C@H](N)C3)c(N)oc2c1. The zero-order valence-corrected chi connectivity index (χ0v) is 15.3. The summed E-state index contributed by atoms with van der Waals surface area (Å²) in [5.41, 5.74) is 16.3. The maximum Gasteiger partial charge on any atom is 0.204 e. The van der Waals surface area contributed by atoms with Gasteiger partial charge in [-0.25, -0.2) is 0 Å². The smallest absolute Gasteiger partial charge is 0.204 e. The number of furan rings is 1. The Kier molecular flexibility index (Phi) is 4.53. The average Bonchev–Trinajstić information content (AvgIpc) is 2.97. The lowest BCUT2D eigenvalue weighted by molar-refractivity contribution is 0.0994. The molecule has 27 heavy (non-hydrogen) atoms. The maximum atomic E-state index is 13.0. The number of anilines is 2. The Morgan fingerprint density at radius 3 is 3.07 bits per heavy atom. The Morgan fingerprint density at radius 1 is 1.41 bits per heavy atom. The number of aromatic nitrogens is 2. The number of nitrogens with two attached hydrogens (primary N) is 2. The van der Waals surface area contributed by atoms with Gasteiger partial charge in [-0.3, -0.25) is 14.8 Å². The predicted molar refractivity (Wildman–Crippen MR) is 105 cm³/mol. The molecule has 0 radical (unpaired) electrons. The third kappa shape index (κ3) is 3.38. The van der Waals surface area contributed by atoms with Crippen LogP contribution in [0.5, 0.6) is 0 Å². The monoisotopic (exact) mass is 365 g/mol. The molecule has 4 N–H and O–H groups in total. The van der Waals surface area contributed by atoms with Gasteiger partial charge in [-0.15, -0.1) is 0 Å². The Bertz CT molecular complexity index is 997. The highest BCUT2D eigenvalue weighted by Crippen LogP contribution is 2.30. The van der Waals surface area contributed by atoms with Crippen LogP contribution in [-0.4, -0.2) is 34.9 Å². The molecule has 0 aliphatic carbocycles. The quantitative estimate of drug-likeness (QED) is 0.683. The summed E-state index contributed by atoms with van der Waals surface area (Å²) in [7, 11) is 0. The van der Waals surface area contributed by atoms with Crippen LogP contribution in [0.4, 0.5) is 11.6 Å². The van der Waals surface area contributed by atoms with Crippen LogP contribution >= 0.6 is 0 Å². The normalized spacial score (nSPS) is 17.4. The number of hydrogen-bond acceptors (Lipinski definition) is 7. The van der Waals surface area contributed by atoms with Crippen molar-refractivity contribution in [1.82, 2.24) is 9.97 Å². The van der Waals surface area contributed by atoms with Crippen molar-refractivity contribution in [2.45, 2.75) is 32.2 Å². The Labute approximate surface area is 157 Å². The van der Waals surface area contributed by atoms with E-state index < -0.39 is 0 Å². The first-order valence-corrected chi connectivity index (χ1v) is 9.14. The maximum absolute atomic E-state index is 13.0. The van der Waals surface area contributed by atoms with Gasteiger partial charge in [-0.2, -0.15) is 0 Å². The Morgan fingerprint density at radius 2 is 2.26 bits per heavy atom. The van der Waals surface area contributed by atoms with Gasteiger partial charge in [0.1, 0.15) is 11.1 Å². The lowest BCUT2D eigenvalue weighted by Gasteiger charge is -2.33. The predicted octanol–water partition coefficient (Wildman–Crippen LogP) is 2.47. The van der Waals surface area contributed by atoms with E-state index in [0.717, 1.165) is 42.7 Å². The van der Waals surface area contributed by atoms with Gasteiger partial charge in [0.05, 0.1) is 0 Å². The van der Waals surface area contributed by atoms with Gasteiger partial charge in [0, 0.05) is 55.4 Å². The zero-order valence-electron chi connectivity index (χ0n) is 15.3. The van der Waals surface area contributed by atoms with Crippen molar-refractivity contribution in [2.75, 3.05) is 23.7 Å². The van der Waals surface area contributed by atoms with E-state index in [0.29, 0.717) is 16.7 Å². The van der Waals surface area contributed by atoms with Crippen molar-refractivity contribution in [1.29, 1.82) is 0 Å². The molecule has 7 heteroatoms. The van der Waals surface area contributed by atoms with Crippen LogP contribution in [-0.2, 0) is 6.42 Å². The number of nitrogens with zero attached hydrogens (tertiary/aromatic N) is 3. The molecule has 140 valence electrons. The fourth-order valence-corrected chi connectivity index (χ4v) is 3.72. The number of aryl methyl sites for hydroxylation is 1. The van der Waals surface area contributed by atoms with Crippen molar-refractivity contribution in [3.8, 4) is 0 Å². The number of pyridine rings is 2. The summed E-state index contributed by atoms with van der Waals surface area (Å²) in [5, 5.41) is 0. The number of Topliss-reactive ketones (excluding diaryl/α,β-unsaturated/α-hetero) is 1. The van der Waals surface area contributed by atoms with Crippen molar-refractivity contribution in [3.05, 3.63) is 47.4 Å². The highest BCUT2D eigenvalue weighted by Gasteiger charge is 2.24. The largest absolute Gasteiger partial charge is 0.438 e. The van der Waals surface area contributed by atoms with E-state index in [9.17, 15) is 4.79 Å². The van der Waals surface area contributed by atoms with Gasteiger partial charge >= 0.3 is 0 Å². The minimum absolute atomic E-state index is 0.110. The van der Waals surface area contributed by atoms with E-state index >= 15 is 0 Å². The average molecular weight is 365 g/mol. The molecule has 0 spiro atoms. The van der Waals surface area contributed by atoms with E-state index in [1.54, 1.807) is 18.6 Å². The molecule has 3 aromatic heterocycles. The molecule has 3 aromatic rings. The molecule has 0 aromatic carbocycles. The molecular formula is C20H23N5O2. The van der Waals surface area contributed by atoms with Crippen molar-refractivity contribution in [3.63, 3.8) is 0 Å². The molecule has 1 aliphatic rings. The van der Waals surface area contributed by atoms with E-state index in [2.05, 4.69) is 14.9 Å². The summed E-state index contributed by atoms with van der Waals surface area (Å²) in [5.74, 6) is -0.0169. The van der Waals surface area contributed by atoms with E-state index in [4.69, 9.17) is 15.9 Å². The van der Waals surface area contributed by atoms with Crippen molar-refractivity contribution >= 4 is 28.5 Å². The number of carbonyl (C=O) groups is 1. The second-order valence-corrected chi connectivity index (χ2v) is 7.15. The number of hydrogen-bond donors (Lipinski definition) is 2. The fraction of sp³-hybridized carbons (Fsp3) is 0.350. The minimum atomic E-state index is -0.127. The zero-order chi connectivity index (χ0) is 19.0. The summed E-state index contributed by atoms with van der Waals surface area (Å²) in [6.07, 6.45) is 7.44. The lowest BCUT2D eigenvalue weighted by atomic mass is 10.0. The molecule has 1 aliphatic heterocycles. The first kappa shape index (κ1) is 17.5. The second-order valence-electron chi connectivity index (χ2n) is 7.15. The van der Waals surface area contributed by atoms with E-state index in [-0.39, 0.29) is 24.1 Å². The molecule has 7 nitrogen and oxygen atoms in total. The highest BCUT2D eigenvalue weighted by molar-refractivity contribution is 6.10. The second kappa shape index (κ2) is 7.00. The minimum Gasteiger partial charge on any atom is -0.438 e. The topological polar surface area (TPSA) is 111 Å². The number of rotatable bonds is 4. The summed E-state index contributed by atoms with van der Waals surface area (Å²) in [6, 6.07) is 3.93. The summed E-state index contributed by atoms with van der Waals surface area (Å²) >= 11 is 0. The molecule has 1 saturated heterocycles. The number of fused-ring (bicyclic) bond motifs is 1. The summed E-state index contributed by atoms with van der Waals surface area (Å²) < 4.78 is 5.55.